The van der Waals surface area contributed by atoms with Crippen LogP contribution in [-0.4, -0.2) is 83.2 Å². The van der Waals surface area contributed by atoms with Crippen LogP contribution in [0.1, 0.15) is 31.1 Å². The average molecular weight is 457 g/mol. The summed E-state index contributed by atoms with van der Waals surface area (Å²) in [6, 6.07) is 8.29. The van der Waals surface area contributed by atoms with Crippen LogP contribution in [0.15, 0.2) is 47.1 Å². The van der Waals surface area contributed by atoms with Crippen LogP contribution >= 0.6 is 0 Å². The van der Waals surface area contributed by atoms with Crippen molar-refractivity contribution in [3.8, 4) is 0 Å². The number of nitrogens with zero attached hydrogens (tertiary/aromatic N) is 4. The van der Waals surface area contributed by atoms with Crippen molar-refractivity contribution in [1.29, 1.82) is 0 Å². The van der Waals surface area contributed by atoms with E-state index in [1.165, 1.54) is 27.9 Å². The highest BCUT2D eigenvalue weighted by Crippen LogP contribution is 2.14. The number of carbonyl (C=O) groups is 4. The molecule has 11 nitrogen and oxygen atoms in total. The second kappa shape index (κ2) is 9.82. The Hall–Kier alpha value is -3.73. The monoisotopic (exact) mass is 457 g/mol. The molecule has 2 heterocycles. The maximum absolute atomic E-state index is 13.2. The fourth-order valence-corrected chi connectivity index (χ4v) is 3.11. The van der Waals surface area contributed by atoms with Crippen molar-refractivity contribution in [2.24, 2.45) is 4.99 Å². The Bertz CT molecular complexity index is 990. The van der Waals surface area contributed by atoms with Crippen molar-refractivity contribution >= 4 is 29.6 Å². The largest absolute Gasteiger partial charge is 0.444 e. The number of nitrogens with one attached hydrogen (secondary N) is 1. The maximum Gasteiger partial charge on any atom is 0.410 e. The first-order valence-electron chi connectivity index (χ1n) is 10.4. The van der Waals surface area contributed by atoms with Gasteiger partial charge in [-0.1, -0.05) is 23.8 Å². The number of rotatable bonds is 3. The number of carbonyl (C=O) groups excluding carboxylic acids is 4. The van der Waals surface area contributed by atoms with E-state index in [1.54, 1.807) is 51.1 Å². The molecule has 1 N–H and O–H groups in total. The third kappa shape index (κ3) is 6.16. The van der Waals surface area contributed by atoms with Gasteiger partial charge in [-0.3, -0.25) is 14.6 Å². The number of hydrogen-bond acceptors (Lipinski definition) is 8. The lowest BCUT2D eigenvalue weighted by Crippen LogP contribution is -2.53. The summed E-state index contributed by atoms with van der Waals surface area (Å²) in [5.74, 6) is -1.87. The highest BCUT2D eigenvalue weighted by atomic mass is 16.7. The van der Waals surface area contributed by atoms with E-state index in [1.807, 2.05) is 0 Å². The summed E-state index contributed by atoms with van der Waals surface area (Å²) < 4.78 is 5.38. The van der Waals surface area contributed by atoms with Crippen molar-refractivity contribution in [1.82, 2.24) is 20.4 Å². The summed E-state index contributed by atoms with van der Waals surface area (Å²) in [4.78, 5) is 61.9. The molecule has 0 spiro atoms. The number of ether oxygens (including phenoxy) is 1. The molecule has 3 amide bonds. The molecule has 0 radical (unpaired) electrons. The number of piperazine rings is 1. The van der Waals surface area contributed by atoms with Gasteiger partial charge in [0.25, 0.3) is 11.8 Å². The number of hydrazine groups is 1. The Morgan fingerprint density at radius 3 is 2.21 bits per heavy atom. The minimum absolute atomic E-state index is 0.0235. The fourth-order valence-electron chi connectivity index (χ4n) is 3.11. The molecule has 1 aromatic carbocycles. The molecule has 2 saturated heterocycles. The molecule has 2 fully saturated rings. The second-order valence-corrected chi connectivity index (χ2v) is 8.50. The minimum atomic E-state index is -0.708. The SMILES string of the molecule is CN1NOC(=O)/C1=C\C(=NC(=O)c1ccccc1)C(=O)N1CCN(C(=O)OC(C)(C)C)CC1. The van der Waals surface area contributed by atoms with Crippen LogP contribution in [0.2, 0.25) is 0 Å². The van der Waals surface area contributed by atoms with Gasteiger partial charge in [0.05, 0.1) is 0 Å². The van der Waals surface area contributed by atoms with Gasteiger partial charge in [-0.15, -0.1) is 0 Å². The topological polar surface area (TPSA) is 121 Å². The van der Waals surface area contributed by atoms with Gasteiger partial charge in [-0.25, -0.2) is 14.6 Å². The predicted octanol–water partition coefficient (Wildman–Crippen LogP) is 1.14. The fraction of sp³-hybridized carbons (Fsp3) is 0.409. The molecule has 0 saturated carbocycles. The Kier molecular flexibility index (Phi) is 7.12. The zero-order valence-corrected chi connectivity index (χ0v) is 19.0. The molecule has 1 aromatic rings. The highest BCUT2D eigenvalue weighted by molar-refractivity contribution is 6.45. The number of amides is 3. The molecule has 0 aromatic heterocycles. The van der Waals surface area contributed by atoms with Gasteiger partial charge >= 0.3 is 12.1 Å². The molecule has 11 heteroatoms. The van der Waals surface area contributed by atoms with Gasteiger partial charge in [0.15, 0.2) is 0 Å². The molecule has 0 aliphatic carbocycles. The molecule has 176 valence electrons. The van der Waals surface area contributed by atoms with E-state index in [4.69, 9.17) is 9.57 Å². The average Bonchev–Trinajstić information content (AvgIpc) is 3.09. The third-order valence-corrected chi connectivity index (χ3v) is 4.80. The van der Waals surface area contributed by atoms with Gasteiger partial charge in [0.2, 0.25) is 0 Å². The van der Waals surface area contributed by atoms with Crippen molar-refractivity contribution in [3.63, 3.8) is 0 Å². The van der Waals surface area contributed by atoms with E-state index in [2.05, 4.69) is 10.6 Å². The Labute approximate surface area is 191 Å². The van der Waals surface area contributed by atoms with Gasteiger partial charge < -0.3 is 19.4 Å². The first kappa shape index (κ1) is 23.9. The first-order chi connectivity index (χ1) is 15.5. The van der Waals surface area contributed by atoms with Crippen LogP contribution in [0.3, 0.4) is 0 Å². The lowest BCUT2D eigenvalue weighted by atomic mass is 10.2. The van der Waals surface area contributed by atoms with E-state index >= 15 is 0 Å². The molecule has 0 bridgehead atoms. The van der Waals surface area contributed by atoms with Crippen LogP contribution in [0.5, 0.6) is 0 Å². The maximum atomic E-state index is 13.2. The quantitative estimate of drug-likeness (QED) is 0.530. The van der Waals surface area contributed by atoms with Crippen LogP contribution in [0, 0.1) is 0 Å². The van der Waals surface area contributed by atoms with E-state index in [9.17, 15) is 19.2 Å². The zero-order valence-electron chi connectivity index (χ0n) is 19.0. The first-order valence-corrected chi connectivity index (χ1v) is 10.4. The minimum Gasteiger partial charge on any atom is -0.444 e. The molecule has 3 rings (SSSR count). The van der Waals surface area contributed by atoms with Crippen LogP contribution in [0.4, 0.5) is 4.79 Å². The molecule has 0 unspecified atom stereocenters. The van der Waals surface area contributed by atoms with Crippen LogP contribution < -0.4 is 5.59 Å². The normalized spacial score (nSPS) is 18.4. The number of benzene rings is 1. The Morgan fingerprint density at radius 1 is 1.06 bits per heavy atom. The van der Waals surface area contributed by atoms with Crippen LogP contribution in [0.25, 0.3) is 0 Å². The molecule has 33 heavy (non-hydrogen) atoms. The van der Waals surface area contributed by atoms with E-state index in [0.717, 1.165) is 0 Å². The second-order valence-electron chi connectivity index (χ2n) is 8.50. The van der Waals surface area contributed by atoms with Crippen LogP contribution in [-0.2, 0) is 19.2 Å². The Balaban J connectivity index is 1.80. The smallest absolute Gasteiger partial charge is 0.410 e. The van der Waals surface area contributed by atoms with Gasteiger partial charge in [-0.2, -0.15) is 0 Å². The summed E-state index contributed by atoms with van der Waals surface area (Å²) in [6.07, 6.45) is 0.762. The molecular formula is C22H27N5O6. The van der Waals surface area contributed by atoms with E-state index in [0.29, 0.717) is 5.56 Å². The summed E-state index contributed by atoms with van der Waals surface area (Å²) >= 11 is 0. The lowest BCUT2D eigenvalue weighted by molar-refractivity contribution is -0.142. The lowest BCUT2D eigenvalue weighted by Gasteiger charge is -2.35. The Morgan fingerprint density at radius 2 is 1.67 bits per heavy atom. The van der Waals surface area contributed by atoms with Crippen molar-refractivity contribution in [2.75, 3.05) is 33.2 Å². The van der Waals surface area contributed by atoms with Crippen molar-refractivity contribution in [3.05, 3.63) is 47.7 Å². The zero-order chi connectivity index (χ0) is 24.2. The molecular weight excluding hydrogens is 430 g/mol. The molecule has 0 atom stereocenters. The highest BCUT2D eigenvalue weighted by Gasteiger charge is 2.31. The van der Waals surface area contributed by atoms with Gasteiger partial charge in [-0.05, 0) is 32.9 Å². The van der Waals surface area contributed by atoms with E-state index < -0.39 is 29.5 Å². The van der Waals surface area contributed by atoms with Gasteiger partial charge in [0, 0.05) is 44.9 Å². The summed E-state index contributed by atoms with van der Waals surface area (Å²) in [5.41, 5.74) is 1.85. The molecule has 2 aliphatic heterocycles. The predicted molar refractivity (Wildman–Crippen MR) is 118 cm³/mol. The summed E-state index contributed by atoms with van der Waals surface area (Å²) in [7, 11) is 1.53. The number of hydrogen-bond donors (Lipinski definition) is 1. The third-order valence-electron chi connectivity index (χ3n) is 4.80. The van der Waals surface area contributed by atoms with Gasteiger partial charge in [0.1, 0.15) is 17.0 Å². The number of likely N-dealkylation sites (N-methyl/N-ethyl adjacent to an activating group) is 1. The standard InChI is InChI=1S/C22H27N5O6/c1-22(2,3)32-21(31)27-12-10-26(11-13-27)19(29)16(14-17-20(30)33-24-25(17)4)23-18(28)15-8-6-5-7-9-15/h5-9,14,24H,10-13H2,1-4H3/b17-14+,23-16?. The van der Waals surface area contributed by atoms with Crippen molar-refractivity contribution < 1.29 is 28.8 Å². The van der Waals surface area contributed by atoms with E-state index in [-0.39, 0.29) is 37.6 Å². The van der Waals surface area contributed by atoms with Crippen molar-refractivity contribution in [2.45, 2.75) is 26.4 Å². The summed E-state index contributed by atoms with van der Waals surface area (Å²) in [5, 5.41) is 1.28. The molecule has 2 aliphatic rings. The number of aliphatic imine (C=N–C) groups is 1. The summed E-state index contributed by atoms with van der Waals surface area (Å²) in [6.45, 7) is 6.32.